The normalized spacial score (nSPS) is 17.5. The number of hydrogen-bond donors (Lipinski definition) is 1. The Morgan fingerprint density at radius 1 is 1.23 bits per heavy atom. The van der Waals surface area contributed by atoms with Crippen LogP contribution in [0.15, 0.2) is 42.5 Å². The van der Waals surface area contributed by atoms with Gasteiger partial charge in [-0.2, -0.15) is 0 Å². The molecule has 1 heterocycles. The molecule has 4 nitrogen and oxygen atoms in total. The average Bonchev–Trinajstić information content (AvgIpc) is 2.96. The molecule has 0 fully saturated rings. The summed E-state index contributed by atoms with van der Waals surface area (Å²) in [4.78, 5) is 0. The molecule has 22 heavy (non-hydrogen) atoms. The summed E-state index contributed by atoms with van der Waals surface area (Å²) >= 11 is 0. The van der Waals surface area contributed by atoms with Gasteiger partial charge in [-0.05, 0) is 18.6 Å². The van der Waals surface area contributed by atoms with E-state index in [0.717, 1.165) is 16.9 Å². The van der Waals surface area contributed by atoms with E-state index in [1.54, 1.807) is 14.0 Å². The van der Waals surface area contributed by atoms with E-state index in [9.17, 15) is 5.11 Å². The van der Waals surface area contributed by atoms with Gasteiger partial charge in [-0.3, -0.25) is 0 Å². The molecule has 1 aliphatic rings. The highest BCUT2D eigenvalue weighted by molar-refractivity contribution is 5.52. The first-order valence-corrected chi connectivity index (χ1v) is 7.39. The molecule has 0 aliphatic carbocycles. The Morgan fingerprint density at radius 3 is 2.68 bits per heavy atom. The zero-order chi connectivity index (χ0) is 15.5. The van der Waals surface area contributed by atoms with Crippen molar-refractivity contribution in [3.8, 4) is 17.2 Å². The van der Waals surface area contributed by atoms with Crippen molar-refractivity contribution in [1.29, 1.82) is 0 Å². The van der Waals surface area contributed by atoms with Gasteiger partial charge in [-0.15, -0.1) is 0 Å². The number of rotatable bonds is 5. The Morgan fingerprint density at radius 2 is 2.00 bits per heavy atom. The summed E-state index contributed by atoms with van der Waals surface area (Å²) in [6.45, 7) is 2.20. The van der Waals surface area contributed by atoms with E-state index in [1.807, 2.05) is 42.5 Å². The molecule has 0 saturated heterocycles. The Bertz CT molecular complexity index is 637. The third-order valence-electron chi connectivity index (χ3n) is 3.82. The van der Waals surface area contributed by atoms with Gasteiger partial charge in [0, 0.05) is 18.1 Å². The number of benzene rings is 2. The fourth-order valence-electron chi connectivity index (χ4n) is 2.55. The van der Waals surface area contributed by atoms with E-state index < -0.39 is 6.10 Å². The van der Waals surface area contributed by atoms with Crippen LogP contribution >= 0.6 is 0 Å². The predicted octanol–water partition coefficient (Wildman–Crippen LogP) is 2.96. The maximum atomic E-state index is 9.68. The van der Waals surface area contributed by atoms with Gasteiger partial charge in [0.2, 0.25) is 0 Å². The number of aliphatic hydroxyl groups is 1. The Kier molecular flexibility index (Phi) is 4.20. The number of aliphatic hydroxyl groups excluding tert-OH is 1. The zero-order valence-corrected chi connectivity index (χ0v) is 12.8. The highest BCUT2D eigenvalue weighted by Crippen LogP contribution is 2.40. The van der Waals surface area contributed by atoms with Crippen LogP contribution < -0.4 is 14.2 Å². The zero-order valence-electron chi connectivity index (χ0n) is 12.8. The molecular weight excluding hydrogens is 280 g/mol. The summed E-state index contributed by atoms with van der Waals surface area (Å²) in [5.74, 6) is 2.09. The highest BCUT2D eigenvalue weighted by Gasteiger charge is 2.28. The van der Waals surface area contributed by atoms with Crippen LogP contribution in [0.1, 0.15) is 18.1 Å². The van der Waals surface area contributed by atoms with Crippen LogP contribution in [-0.4, -0.2) is 24.4 Å². The summed E-state index contributed by atoms with van der Waals surface area (Å²) in [6, 6.07) is 13.7. The average molecular weight is 300 g/mol. The van der Waals surface area contributed by atoms with Gasteiger partial charge in [0.15, 0.2) is 11.5 Å². The molecule has 0 radical (unpaired) electrons. The predicted molar refractivity (Wildman–Crippen MR) is 83.6 cm³/mol. The van der Waals surface area contributed by atoms with Crippen molar-refractivity contribution in [2.45, 2.75) is 32.2 Å². The molecule has 0 saturated carbocycles. The van der Waals surface area contributed by atoms with Gasteiger partial charge in [0.25, 0.3) is 0 Å². The molecule has 2 aromatic rings. The van der Waals surface area contributed by atoms with Crippen molar-refractivity contribution < 1.29 is 19.3 Å². The first-order valence-electron chi connectivity index (χ1n) is 7.39. The van der Waals surface area contributed by atoms with Crippen molar-refractivity contribution in [3.63, 3.8) is 0 Å². The molecular formula is C18H20O4. The maximum absolute atomic E-state index is 9.68. The molecule has 4 heteroatoms. The minimum absolute atomic E-state index is 0.205. The van der Waals surface area contributed by atoms with Crippen LogP contribution in [0.3, 0.4) is 0 Å². The lowest BCUT2D eigenvalue weighted by Crippen LogP contribution is -2.26. The second-order valence-electron chi connectivity index (χ2n) is 5.49. The Labute approximate surface area is 130 Å². The fraction of sp³-hybridized carbons (Fsp3) is 0.333. The SMILES string of the molecule is COc1cc2c(cc1OCc1ccccc1)O[C@H]([C@@H](C)O)C2. The lowest BCUT2D eigenvalue weighted by Gasteiger charge is -2.14. The Hall–Kier alpha value is -2.20. The summed E-state index contributed by atoms with van der Waals surface area (Å²) < 4.78 is 17.1. The third kappa shape index (κ3) is 3.02. The first-order chi connectivity index (χ1) is 10.7. The molecule has 3 rings (SSSR count). The van der Waals surface area contributed by atoms with E-state index in [2.05, 4.69) is 0 Å². The van der Waals surface area contributed by atoms with Crippen molar-refractivity contribution in [2.24, 2.45) is 0 Å². The minimum Gasteiger partial charge on any atom is -0.493 e. The second kappa shape index (κ2) is 6.28. The van der Waals surface area contributed by atoms with Crippen LogP contribution in [-0.2, 0) is 13.0 Å². The van der Waals surface area contributed by atoms with Gasteiger partial charge >= 0.3 is 0 Å². The van der Waals surface area contributed by atoms with Crippen LogP contribution in [0.5, 0.6) is 17.2 Å². The quantitative estimate of drug-likeness (QED) is 0.922. The standard InChI is InChI=1S/C18H20O4/c1-12(19)15-8-14-9-17(20-2)18(10-16(14)22-15)21-11-13-6-4-3-5-7-13/h3-7,9-10,12,15,19H,8,11H2,1-2H3/t12-,15+/m1/s1. The highest BCUT2D eigenvalue weighted by atomic mass is 16.5. The van der Waals surface area contributed by atoms with Crippen LogP contribution in [0.2, 0.25) is 0 Å². The molecule has 1 N–H and O–H groups in total. The molecule has 116 valence electrons. The van der Waals surface area contributed by atoms with Crippen molar-refractivity contribution in [1.82, 2.24) is 0 Å². The topological polar surface area (TPSA) is 47.9 Å². The van der Waals surface area contributed by atoms with Gasteiger partial charge in [-0.1, -0.05) is 30.3 Å². The molecule has 0 bridgehead atoms. The van der Waals surface area contributed by atoms with Crippen molar-refractivity contribution in [3.05, 3.63) is 53.6 Å². The molecule has 0 spiro atoms. The lowest BCUT2D eigenvalue weighted by atomic mass is 10.1. The Balaban J connectivity index is 1.79. The van der Waals surface area contributed by atoms with Crippen LogP contribution in [0, 0.1) is 0 Å². The first kappa shape index (κ1) is 14.7. The summed E-state index contributed by atoms with van der Waals surface area (Å²) in [7, 11) is 1.62. The van der Waals surface area contributed by atoms with E-state index in [4.69, 9.17) is 14.2 Å². The van der Waals surface area contributed by atoms with Gasteiger partial charge in [0.05, 0.1) is 13.2 Å². The largest absolute Gasteiger partial charge is 0.493 e. The molecule has 0 unspecified atom stereocenters. The van der Waals surface area contributed by atoms with Crippen LogP contribution in [0.25, 0.3) is 0 Å². The number of methoxy groups -OCH3 is 1. The van der Waals surface area contributed by atoms with Gasteiger partial charge in [0.1, 0.15) is 18.5 Å². The molecule has 2 aromatic carbocycles. The molecule has 1 aliphatic heterocycles. The minimum atomic E-state index is -0.507. The van der Waals surface area contributed by atoms with Gasteiger partial charge in [-0.25, -0.2) is 0 Å². The van der Waals surface area contributed by atoms with Gasteiger partial charge < -0.3 is 19.3 Å². The summed E-state index contributed by atoms with van der Waals surface area (Å²) in [5.41, 5.74) is 2.13. The third-order valence-corrected chi connectivity index (χ3v) is 3.82. The van der Waals surface area contributed by atoms with E-state index >= 15 is 0 Å². The monoisotopic (exact) mass is 300 g/mol. The number of hydrogen-bond acceptors (Lipinski definition) is 4. The summed E-state index contributed by atoms with van der Waals surface area (Å²) in [5, 5.41) is 9.68. The smallest absolute Gasteiger partial charge is 0.165 e. The van der Waals surface area contributed by atoms with E-state index in [-0.39, 0.29) is 6.10 Å². The number of fused-ring (bicyclic) bond motifs is 1. The van der Waals surface area contributed by atoms with Crippen molar-refractivity contribution in [2.75, 3.05) is 7.11 Å². The summed E-state index contributed by atoms with van der Waals surface area (Å²) in [6.07, 6.45) is -0.0290. The fourth-order valence-corrected chi connectivity index (χ4v) is 2.55. The molecule has 2 atom stereocenters. The lowest BCUT2D eigenvalue weighted by molar-refractivity contribution is 0.0630. The maximum Gasteiger partial charge on any atom is 0.165 e. The second-order valence-corrected chi connectivity index (χ2v) is 5.49. The molecule has 0 amide bonds. The number of ether oxygens (including phenoxy) is 3. The van der Waals surface area contributed by atoms with E-state index in [1.165, 1.54) is 0 Å². The van der Waals surface area contributed by atoms with Crippen LogP contribution in [0.4, 0.5) is 0 Å². The molecule has 0 aromatic heterocycles. The van der Waals surface area contributed by atoms with E-state index in [0.29, 0.717) is 24.5 Å². The van der Waals surface area contributed by atoms with Crippen molar-refractivity contribution >= 4 is 0 Å².